The highest BCUT2D eigenvalue weighted by Gasteiger charge is 2.49. The summed E-state index contributed by atoms with van der Waals surface area (Å²) in [5.74, 6) is -1.65. The number of ether oxygens (including phenoxy) is 1. The summed E-state index contributed by atoms with van der Waals surface area (Å²) in [6.07, 6.45) is -1.71. The van der Waals surface area contributed by atoms with Crippen LogP contribution in [0.15, 0.2) is 37.2 Å². The summed E-state index contributed by atoms with van der Waals surface area (Å²) in [6.45, 7) is -1.48. The number of fused-ring (bicyclic) bond motifs is 1. The largest absolute Gasteiger partial charge is 0.481 e. The summed E-state index contributed by atoms with van der Waals surface area (Å²) in [5.41, 5.74) is 11.5. The summed E-state index contributed by atoms with van der Waals surface area (Å²) < 4.78 is 64.0. The van der Waals surface area contributed by atoms with Gasteiger partial charge in [-0.15, -0.1) is 0 Å². The normalized spacial score (nSPS) is 29.1. The lowest BCUT2D eigenvalue weighted by atomic mass is 10.1. The van der Waals surface area contributed by atoms with E-state index in [9.17, 15) is 48.3 Å². The molecule has 9 unspecified atom stereocenters. The number of imidazole rings is 1. The number of aliphatic hydroxyl groups is 2. The number of hydrogen-bond donors (Lipinski definition) is 8. The lowest BCUT2D eigenvalue weighted by molar-refractivity contribution is -0.728. The summed E-state index contributed by atoms with van der Waals surface area (Å²) in [6, 6.07) is 2.18. The fourth-order valence-corrected chi connectivity index (χ4v) is 8.04. The van der Waals surface area contributed by atoms with E-state index in [0.717, 1.165) is 6.33 Å². The van der Waals surface area contributed by atoms with Crippen molar-refractivity contribution < 1.29 is 75.5 Å². The Kier molecular flexibility index (Phi) is 10.3. The zero-order valence-electron chi connectivity index (χ0n) is 23.9. The summed E-state index contributed by atoms with van der Waals surface area (Å²) in [4.78, 5) is 62.5. The van der Waals surface area contributed by atoms with Crippen LogP contribution in [0.3, 0.4) is 0 Å². The monoisotopic (exact) mass is 726 g/mol. The maximum Gasteiger partial charge on any atom is 0.481 e. The molecule has 5 rings (SSSR count). The number of rotatable bonds is 13. The lowest BCUT2D eigenvalue weighted by Crippen LogP contribution is -2.45. The van der Waals surface area contributed by atoms with Crippen LogP contribution in [0, 0.1) is 5.92 Å². The zero-order valence-corrected chi connectivity index (χ0v) is 26.6. The number of nitrogens with two attached hydrogens (primary N) is 2. The highest BCUT2D eigenvalue weighted by atomic mass is 31.3. The molecule has 0 bridgehead atoms. The van der Waals surface area contributed by atoms with Crippen LogP contribution >= 0.6 is 23.5 Å². The first-order chi connectivity index (χ1) is 21.9. The number of aliphatic hydroxyl groups excluding tert-OH is 2. The molecule has 1 aliphatic carbocycles. The number of nitrogens with zero attached hydrogens (tertiary/aromatic N) is 5. The van der Waals surface area contributed by atoms with Gasteiger partial charge in [0.1, 0.15) is 29.6 Å². The molecule has 47 heavy (non-hydrogen) atoms. The van der Waals surface area contributed by atoms with Crippen molar-refractivity contribution in [1.82, 2.24) is 19.5 Å². The second kappa shape index (κ2) is 13.6. The van der Waals surface area contributed by atoms with Crippen molar-refractivity contribution in [1.29, 1.82) is 0 Å². The Morgan fingerprint density at radius 2 is 1.74 bits per heavy atom. The van der Waals surface area contributed by atoms with Gasteiger partial charge in [-0.3, -0.25) is 22.9 Å². The topological polar surface area (TPSA) is 335 Å². The quantitative estimate of drug-likeness (QED) is 0.0757. The van der Waals surface area contributed by atoms with Crippen molar-refractivity contribution >= 4 is 46.4 Å². The lowest BCUT2D eigenvalue weighted by Gasteiger charge is -2.21. The van der Waals surface area contributed by atoms with Crippen LogP contribution in [0.1, 0.15) is 35.5 Å². The Labute approximate surface area is 264 Å². The van der Waals surface area contributed by atoms with Gasteiger partial charge in [-0.1, -0.05) is 0 Å². The van der Waals surface area contributed by atoms with Crippen LogP contribution in [0.25, 0.3) is 11.2 Å². The molecule has 0 aromatic carbocycles. The molecule has 2 fully saturated rings. The maximum absolute atomic E-state index is 12.6. The number of pyridine rings is 1. The van der Waals surface area contributed by atoms with Gasteiger partial charge >= 0.3 is 23.5 Å². The molecule has 22 nitrogen and oxygen atoms in total. The molecule has 2 aliphatic rings. The number of hydrogen-bond acceptors (Lipinski definition) is 15. The highest BCUT2D eigenvalue weighted by molar-refractivity contribution is 7.61. The van der Waals surface area contributed by atoms with Crippen LogP contribution in [-0.2, 0) is 36.3 Å². The van der Waals surface area contributed by atoms with Gasteiger partial charge in [0, 0.05) is 24.8 Å². The third kappa shape index (κ3) is 8.45. The van der Waals surface area contributed by atoms with E-state index in [-0.39, 0.29) is 35.4 Å². The van der Waals surface area contributed by atoms with Gasteiger partial charge in [0.2, 0.25) is 0 Å². The van der Waals surface area contributed by atoms with Gasteiger partial charge in [0.05, 0.1) is 31.7 Å². The second-order valence-electron chi connectivity index (χ2n) is 10.7. The summed E-state index contributed by atoms with van der Waals surface area (Å²) >= 11 is 0. The fraction of sp³-hybridized carbons (Fsp3) is 0.500. The van der Waals surface area contributed by atoms with E-state index in [0.29, 0.717) is 0 Å². The molecule has 4 heterocycles. The standard InChI is InChI=1S/C22H30N7O15P3/c23-19-16-21(26-9-25-19)29(10-27-16)22-15(43-45(33,34)35)5-13(42-22)8-41-47(38,39)44-46(36,37)40-7-12-4-14(18(31)17(12)30)28-3-1-2-11(6-28)20(24)32/h1-3,6,9-10,12-15,17-18,22,30-31H,4-5,7-8H2,(H7-,23,24,25,26,32,33,34,35,36,37,38,39)/p+1. The zero-order chi connectivity index (χ0) is 34.3. The Hall–Kier alpha value is -2.78. The fourth-order valence-electron chi connectivity index (χ4n) is 5.35. The number of aromatic nitrogens is 5. The first-order valence-electron chi connectivity index (χ1n) is 13.6. The van der Waals surface area contributed by atoms with Crippen molar-refractivity contribution in [2.75, 3.05) is 18.9 Å². The Balaban J connectivity index is 1.18. The number of primary amides is 1. The number of amides is 1. The van der Waals surface area contributed by atoms with Gasteiger partial charge in [0.15, 0.2) is 36.1 Å². The number of nitrogen functional groups attached to an aromatic ring is 1. The Morgan fingerprint density at radius 3 is 2.43 bits per heavy atom. The number of phosphoric ester groups is 3. The maximum atomic E-state index is 12.6. The molecular formula is C22H31N7O15P3+. The molecule has 0 spiro atoms. The number of carbonyl (C=O) groups is 1. The average Bonchev–Trinajstić information content (AvgIpc) is 3.66. The number of carbonyl (C=O) groups excluding carboxylic acids is 1. The molecule has 10 N–H and O–H groups in total. The van der Waals surface area contributed by atoms with Gasteiger partial charge in [0.25, 0.3) is 5.91 Å². The number of phosphoric acid groups is 3. The average molecular weight is 726 g/mol. The molecule has 0 radical (unpaired) electrons. The molecule has 1 aliphatic heterocycles. The van der Waals surface area contributed by atoms with Crippen molar-refractivity contribution in [2.24, 2.45) is 11.7 Å². The van der Waals surface area contributed by atoms with Crippen molar-refractivity contribution in [3.05, 3.63) is 42.7 Å². The van der Waals surface area contributed by atoms with Gasteiger partial charge in [-0.25, -0.2) is 28.6 Å². The van der Waals surface area contributed by atoms with Crippen LogP contribution in [-0.4, -0.2) is 92.8 Å². The minimum Gasteiger partial charge on any atom is -0.390 e. The van der Waals surface area contributed by atoms with E-state index >= 15 is 0 Å². The van der Waals surface area contributed by atoms with Crippen LogP contribution in [0.2, 0.25) is 0 Å². The van der Waals surface area contributed by atoms with Gasteiger partial charge < -0.3 is 46.0 Å². The molecule has 25 heteroatoms. The second-order valence-corrected chi connectivity index (χ2v) is 14.9. The molecule has 3 aromatic heterocycles. The minimum absolute atomic E-state index is 0.00532. The van der Waals surface area contributed by atoms with E-state index < -0.39 is 85.2 Å². The Bertz CT molecular complexity index is 1770. The van der Waals surface area contributed by atoms with E-state index in [1.807, 2.05) is 0 Å². The van der Waals surface area contributed by atoms with E-state index in [4.69, 9.17) is 29.8 Å². The third-order valence-electron chi connectivity index (χ3n) is 7.42. The van der Waals surface area contributed by atoms with E-state index in [2.05, 4.69) is 19.3 Å². The van der Waals surface area contributed by atoms with Crippen molar-refractivity contribution in [2.45, 2.75) is 49.5 Å². The highest BCUT2D eigenvalue weighted by Crippen LogP contribution is 2.61. The van der Waals surface area contributed by atoms with Crippen LogP contribution in [0.5, 0.6) is 0 Å². The van der Waals surface area contributed by atoms with Crippen LogP contribution < -0.4 is 16.0 Å². The molecule has 3 aromatic rings. The molecule has 9 atom stereocenters. The first-order valence-corrected chi connectivity index (χ1v) is 18.1. The van der Waals surface area contributed by atoms with Gasteiger partial charge in [-0.2, -0.15) is 8.88 Å². The van der Waals surface area contributed by atoms with E-state index in [1.165, 1.54) is 40.0 Å². The summed E-state index contributed by atoms with van der Waals surface area (Å²) in [7, 11) is -15.7. The van der Waals surface area contributed by atoms with Crippen LogP contribution in [0.4, 0.5) is 5.82 Å². The predicted molar refractivity (Wildman–Crippen MR) is 152 cm³/mol. The van der Waals surface area contributed by atoms with Crippen molar-refractivity contribution in [3.63, 3.8) is 0 Å². The smallest absolute Gasteiger partial charge is 0.390 e. The summed E-state index contributed by atoms with van der Waals surface area (Å²) in [5, 5.41) is 21.0. The third-order valence-corrected chi connectivity index (χ3v) is 10.6. The SMILES string of the molecule is NC(=O)c1ccc[n+](C2CC(COP(=O)(O)OP(=O)(O)OCC3CC(OP(=O)(O)O)C(n4cnc5c(N)ncnc54)O3)C(O)C2O)c1. The molecular weight excluding hydrogens is 695 g/mol. The number of anilines is 1. The molecule has 1 amide bonds. The molecule has 1 saturated heterocycles. The first kappa shape index (κ1) is 35.5. The minimum atomic E-state index is -5.34. The van der Waals surface area contributed by atoms with Crippen molar-refractivity contribution in [3.8, 4) is 0 Å². The molecule has 1 saturated carbocycles. The Morgan fingerprint density at radius 1 is 1.04 bits per heavy atom. The van der Waals surface area contributed by atoms with Gasteiger partial charge in [-0.05, 0) is 6.07 Å². The van der Waals surface area contributed by atoms with E-state index in [1.54, 1.807) is 0 Å². The predicted octanol–water partition coefficient (Wildman–Crippen LogP) is -1.21. The molecule has 258 valence electrons.